The summed E-state index contributed by atoms with van der Waals surface area (Å²) < 4.78 is 50.9. The Bertz CT molecular complexity index is 606. The first-order valence-corrected chi connectivity index (χ1v) is 8.70. The summed E-state index contributed by atoms with van der Waals surface area (Å²) in [5.41, 5.74) is 0.0490. The number of hydrogen-bond donors (Lipinski definition) is 1. The molecular formula is C14H19F2NO3S. The van der Waals surface area contributed by atoms with Crippen molar-refractivity contribution in [2.45, 2.75) is 25.4 Å². The lowest BCUT2D eigenvalue weighted by atomic mass is 9.91. The fourth-order valence-corrected chi connectivity index (χ4v) is 3.68. The van der Waals surface area contributed by atoms with Gasteiger partial charge in [0.15, 0.2) is 0 Å². The van der Waals surface area contributed by atoms with Crippen molar-refractivity contribution < 1.29 is 22.3 Å². The Morgan fingerprint density at radius 2 is 2.14 bits per heavy atom. The molecule has 1 aromatic carbocycles. The summed E-state index contributed by atoms with van der Waals surface area (Å²) >= 11 is 0. The summed E-state index contributed by atoms with van der Waals surface area (Å²) in [4.78, 5) is 0. The molecule has 0 aromatic heterocycles. The van der Waals surface area contributed by atoms with E-state index in [0.717, 1.165) is 31.2 Å². The Morgan fingerprint density at radius 1 is 1.43 bits per heavy atom. The molecule has 0 saturated carbocycles. The Kier molecular flexibility index (Phi) is 4.95. The molecule has 1 N–H and O–H groups in total. The number of aliphatic hydroxyl groups is 1. The second-order valence-electron chi connectivity index (χ2n) is 5.55. The summed E-state index contributed by atoms with van der Waals surface area (Å²) in [7, 11) is -3.24. The van der Waals surface area contributed by atoms with Gasteiger partial charge in [-0.15, -0.1) is 0 Å². The van der Waals surface area contributed by atoms with Crippen molar-refractivity contribution in [2.24, 2.45) is 5.92 Å². The van der Waals surface area contributed by atoms with Crippen LogP contribution in [-0.2, 0) is 10.0 Å². The highest BCUT2D eigenvalue weighted by Gasteiger charge is 2.28. The van der Waals surface area contributed by atoms with Crippen molar-refractivity contribution in [2.75, 3.05) is 19.3 Å². The molecule has 2 rings (SSSR count). The van der Waals surface area contributed by atoms with Gasteiger partial charge in [0, 0.05) is 24.7 Å². The van der Waals surface area contributed by atoms with Gasteiger partial charge in [-0.3, -0.25) is 0 Å². The second-order valence-corrected chi connectivity index (χ2v) is 7.53. The van der Waals surface area contributed by atoms with Crippen LogP contribution in [0.1, 0.15) is 30.9 Å². The van der Waals surface area contributed by atoms with Gasteiger partial charge in [-0.05, 0) is 31.2 Å². The molecule has 2 atom stereocenters. The highest BCUT2D eigenvalue weighted by molar-refractivity contribution is 7.88. The van der Waals surface area contributed by atoms with E-state index in [4.69, 9.17) is 0 Å². The molecule has 1 aromatic rings. The third-order valence-electron chi connectivity index (χ3n) is 3.83. The van der Waals surface area contributed by atoms with E-state index in [9.17, 15) is 22.3 Å². The monoisotopic (exact) mass is 319 g/mol. The molecule has 4 nitrogen and oxygen atoms in total. The van der Waals surface area contributed by atoms with Gasteiger partial charge >= 0.3 is 0 Å². The minimum absolute atomic E-state index is 0.0343. The Hall–Kier alpha value is -1.05. The summed E-state index contributed by atoms with van der Waals surface area (Å²) in [6, 6.07) is 3.07. The van der Waals surface area contributed by atoms with E-state index in [1.54, 1.807) is 0 Å². The van der Waals surface area contributed by atoms with Gasteiger partial charge in [0.2, 0.25) is 10.0 Å². The summed E-state index contributed by atoms with van der Waals surface area (Å²) in [5.74, 6) is -1.50. The minimum Gasteiger partial charge on any atom is -0.388 e. The number of benzene rings is 1. The zero-order valence-corrected chi connectivity index (χ0v) is 12.6. The number of hydrogen-bond acceptors (Lipinski definition) is 3. The van der Waals surface area contributed by atoms with Gasteiger partial charge in [0.25, 0.3) is 0 Å². The third kappa shape index (κ3) is 4.21. The quantitative estimate of drug-likeness (QED) is 0.924. The fourth-order valence-electron chi connectivity index (χ4n) is 2.73. The van der Waals surface area contributed by atoms with Crippen LogP contribution < -0.4 is 0 Å². The van der Waals surface area contributed by atoms with E-state index >= 15 is 0 Å². The van der Waals surface area contributed by atoms with E-state index in [1.807, 2.05) is 0 Å². The van der Waals surface area contributed by atoms with E-state index < -0.39 is 27.8 Å². The van der Waals surface area contributed by atoms with E-state index in [-0.39, 0.29) is 17.9 Å². The molecule has 0 radical (unpaired) electrons. The maximum absolute atomic E-state index is 13.6. The van der Waals surface area contributed by atoms with Crippen molar-refractivity contribution >= 4 is 10.0 Å². The fraction of sp³-hybridized carbons (Fsp3) is 0.571. The molecule has 2 unspecified atom stereocenters. The summed E-state index contributed by atoms with van der Waals surface area (Å²) in [5, 5.41) is 10.1. The molecule has 0 spiro atoms. The van der Waals surface area contributed by atoms with Gasteiger partial charge in [0.05, 0.1) is 12.4 Å². The molecule has 118 valence electrons. The first-order chi connectivity index (χ1) is 9.77. The number of halogens is 2. The molecule has 1 saturated heterocycles. The van der Waals surface area contributed by atoms with Gasteiger partial charge in [-0.1, -0.05) is 6.07 Å². The van der Waals surface area contributed by atoms with Crippen molar-refractivity contribution in [3.8, 4) is 0 Å². The van der Waals surface area contributed by atoms with E-state index in [1.165, 1.54) is 10.4 Å². The SMILES string of the molecule is CS(=O)(=O)N1CCCC(CC(O)c2ccc(F)cc2F)C1. The zero-order chi connectivity index (χ0) is 15.6. The second kappa shape index (κ2) is 6.37. The van der Waals surface area contributed by atoms with Crippen LogP contribution in [0.5, 0.6) is 0 Å². The third-order valence-corrected chi connectivity index (χ3v) is 5.10. The molecule has 7 heteroatoms. The van der Waals surface area contributed by atoms with Crippen LogP contribution in [-0.4, -0.2) is 37.2 Å². The largest absolute Gasteiger partial charge is 0.388 e. The minimum atomic E-state index is -3.24. The van der Waals surface area contributed by atoms with Gasteiger partial charge in [-0.25, -0.2) is 21.5 Å². The van der Waals surface area contributed by atoms with Crippen LogP contribution in [0.25, 0.3) is 0 Å². The van der Waals surface area contributed by atoms with Crippen molar-refractivity contribution in [1.82, 2.24) is 4.31 Å². The van der Waals surface area contributed by atoms with Crippen LogP contribution in [0, 0.1) is 17.6 Å². The average molecular weight is 319 g/mol. The van der Waals surface area contributed by atoms with Crippen LogP contribution in [0.3, 0.4) is 0 Å². The predicted octanol–water partition coefficient (Wildman–Crippen LogP) is 2.06. The maximum Gasteiger partial charge on any atom is 0.211 e. The normalized spacial score (nSPS) is 22.2. The van der Waals surface area contributed by atoms with Gasteiger partial charge < -0.3 is 5.11 Å². The lowest BCUT2D eigenvalue weighted by molar-refractivity contribution is 0.119. The average Bonchev–Trinajstić information content (AvgIpc) is 2.37. The number of sulfonamides is 1. The lowest BCUT2D eigenvalue weighted by Crippen LogP contribution is -2.39. The maximum atomic E-state index is 13.6. The zero-order valence-electron chi connectivity index (χ0n) is 11.8. The molecule has 0 amide bonds. The molecule has 0 aliphatic carbocycles. The molecular weight excluding hydrogens is 300 g/mol. The van der Waals surface area contributed by atoms with Crippen molar-refractivity contribution in [3.63, 3.8) is 0 Å². The first kappa shape index (κ1) is 16.3. The van der Waals surface area contributed by atoms with Gasteiger partial charge in [0.1, 0.15) is 11.6 Å². The smallest absolute Gasteiger partial charge is 0.211 e. The molecule has 1 heterocycles. The summed E-state index contributed by atoms with van der Waals surface area (Å²) in [6.45, 7) is 0.815. The standard InChI is InChI=1S/C14H19F2NO3S/c1-21(19,20)17-6-2-3-10(9-17)7-14(18)12-5-4-11(15)8-13(12)16/h4-5,8,10,14,18H,2-3,6-7,9H2,1H3. The topological polar surface area (TPSA) is 57.6 Å². The van der Waals surface area contributed by atoms with Crippen LogP contribution in [0.4, 0.5) is 8.78 Å². The highest BCUT2D eigenvalue weighted by Crippen LogP contribution is 2.29. The molecule has 1 aliphatic rings. The first-order valence-electron chi connectivity index (χ1n) is 6.85. The van der Waals surface area contributed by atoms with Crippen LogP contribution in [0.2, 0.25) is 0 Å². The predicted molar refractivity (Wildman–Crippen MR) is 75.1 cm³/mol. The Labute approximate surface area is 123 Å². The number of aliphatic hydroxyl groups excluding tert-OH is 1. The lowest BCUT2D eigenvalue weighted by Gasteiger charge is -2.32. The molecule has 1 aliphatic heterocycles. The van der Waals surface area contributed by atoms with Crippen LogP contribution >= 0.6 is 0 Å². The number of piperidine rings is 1. The van der Waals surface area contributed by atoms with Gasteiger partial charge in [-0.2, -0.15) is 0 Å². The van der Waals surface area contributed by atoms with E-state index in [0.29, 0.717) is 13.1 Å². The molecule has 1 fully saturated rings. The number of rotatable bonds is 4. The van der Waals surface area contributed by atoms with Crippen LogP contribution in [0.15, 0.2) is 18.2 Å². The molecule has 21 heavy (non-hydrogen) atoms. The number of nitrogens with zero attached hydrogens (tertiary/aromatic N) is 1. The van der Waals surface area contributed by atoms with Crippen molar-refractivity contribution in [3.05, 3.63) is 35.4 Å². The molecule has 0 bridgehead atoms. The van der Waals surface area contributed by atoms with Crippen molar-refractivity contribution in [1.29, 1.82) is 0 Å². The highest BCUT2D eigenvalue weighted by atomic mass is 32.2. The van der Waals surface area contributed by atoms with E-state index in [2.05, 4.69) is 0 Å². The summed E-state index contributed by atoms with van der Waals surface area (Å²) in [6.07, 6.45) is 1.86. The Balaban J connectivity index is 2.03. The Morgan fingerprint density at radius 3 is 2.76 bits per heavy atom.